The fourth-order valence-corrected chi connectivity index (χ4v) is 2.91. The number of carbonyl (C=O) groups is 2. The number of nitrogens with zero attached hydrogens (tertiary/aromatic N) is 1. The molecule has 0 fully saturated rings. The highest BCUT2D eigenvalue weighted by atomic mass is 16.5. The van der Waals surface area contributed by atoms with Crippen molar-refractivity contribution in [3.05, 3.63) is 54.1 Å². The topological polar surface area (TPSA) is 67.9 Å². The van der Waals surface area contributed by atoms with Gasteiger partial charge < -0.3 is 19.7 Å². The van der Waals surface area contributed by atoms with E-state index in [0.717, 1.165) is 30.1 Å². The predicted octanol–water partition coefficient (Wildman–Crippen LogP) is 3.66. The quantitative estimate of drug-likeness (QED) is 0.633. The highest BCUT2D eigenvalue weighted by molar-refractivity contribution is 5.92. The van der Waals surface area contributed by atoms with Crippen LogP contribution in [0.15, 0.2) is 48.5 Å². The lowest BCUT2D eigenvalue weighted by Crippen LogP contribution is -2.22. The second kappa shape index (κ2) is 11.0. The minimum atomic E-state index is -0.419. The SMILES string of the molecule is CCN(CC)c1ccc(NC(=O)COC(=O)CCc2ccccc2OC)cc1. The maximum absolute atomic E-state index is 12.0. The minimum Gasteiger partial charge on any atom is -0.496 e. The monoisotopic (exact) mass is 384 g/mol. The smallest absolute Gasteiger partial charge is 0.306 e. The van der Waals surface area contributed by atoms with E-state index in [1.54, 1.807) is 7.11 Å². The van der Waals surface area contributed by atoms with Gasteiger partial charge in [-0.05, 0) is 56.2 Å². The van der Waals surface area contributed by atoms with Gasteiger partial charge in [0.1, 0.15) is 5.75 Å². The standard InChI is InChI=1S/C22H28N2O4/c1-4-24(5-2)19-13-11-18(12-14-19)23-21(25)16-28-22(26)15-10-17-8-6-7-9-20(17)27-3/h6-9,11-14H,4-5,10,15-16H2,1-3H3,(H,23,25). The molecule has 0 heterocycles. The molecule has 0 bridgehead atoms. The molecule has 6 heteroatoms. The molecule has 2 rings (SSSR count). The van der Waals surface area contributed by atoms with Gasteiger partial charge in [-0.2, -0.15) is 0 Å². The Morgan fingerprint density at radius 1 is 1.00 bits per heavy atom. The Morgan fingerprint density at radius 3 is 2.32 bits per heavy atom. The summed E-state index contributed by atoms with van der Waals surface area (Å²) in [5, 5.41) is 2.74. The molecule has 0 spiro atoms. The molecule has 1 N–H and O–H groups in total. The number of esters is 1. The van der Waals surface area contributed by atoms with Crippen LogP contribution in [0.2, 0.25) is 0 Å². The van der Waals surface area contributed by atoms with Crippen molar-refractivity contribution in [2.45, 2.75) is 26.7 Å². The Bertz CT molecular complexity index is 770. The van der Waals surface area contributed by atoms with E-state index in [9.17, 15) is 9.59 Å². The number of hydrogen-bond acceptors (Lipinski definition) is 5. The number of ether oxygens (including phenoxy) is 2. The number of aryl methyl sites for hydroxylation is 1. The van der Waals surface area contributed by atoms with Gasteiger partial charge in [0.2, 0.25) is 0 Å². The average Bonchev–Trinajstić information content (AvgIpc) is 2.73. The van der Waals surface area contributed by atoms with E-state index in [1.807, 2.05) is 48.5 Å². The molecule has 2 aromatic carbocycles. The number of methoxy groups -OCH3 is 1. The molecule has 28 heavy (non-hydrogen) atoms. The van der Waals surface area contributed by atoms with Crippen LogP contribution in [-0.4, -0.2) is 38.7 Å². The summed E-state index contributed by atoms with van der Waals surface area (Å²) < 4.78 is 10.3. The summed E-state index contributed by atoms with van der Waals surface area (Å²) in [6.45, 7) is 5.74. The first kappa shape index (κ1) is 21.3. The van der Waals surface area contributed by atoms with Gasteiger partial charge in [-0.3, -0.25) is 9.59 Å². The Kier molecular flexibility index (Phi) is 8.34. The Morgan fingerprint density at radius 2 is 1.68 bits per heavy atom. The molecule has 0 radical (unpaired) electrons. The Labute approximate surface area is 166 Å². The third-order valence-electron chi connectivity index (χ3n) is 4.43. The van der Waals surface area contributed by atoms with Crippen molar-refractivity contribution in [3.8, 4) is 5.75 Å². The molecule has 6 nitrogen and oxygen atoms in total. The molecular formula is C22H28N2O4. The number of para-hydroxylation sites is 1. The van der Waals surface area contributed by atoms with E-state index in [4.69, 9.17) is 9.47 Å². The van der Waals surface area contributed by atoms with Crippen molar-refractivity contribution >= 4 is 23.3 Å². The molecule has 0 unspecified atom stereocenters. The number of rotatable bonds is 10. The lowest BCUT2D eigenvalue weighted by molar-refractivity contribution is -0.147. The van der Waals surface area contributed by atoms with Crippen molar-refractivity contribution in [3.63, 3.8) is 0 Å². The first-order valence-corrected chi connectivity index (χ1v) is 9.49. The molecule has 1 amide bonds. The summed E-state index contributed by atoms with van der Waals surface area (Å²) in [4.78, 5) is 26.1. The van der Waals surface area contributed by atoms with Gasteiger partial charge in [0.25, 0.3) is 5.91 Å². The molecule has 0 aliphatic rings. The van der Waals surface area contributed by atoms with Gasteiger partial charge in [-0.15, -0.1) is 0 Å². The zero-order valence-electron chi connectivity index (χ0n) is 16.7. The van der Waals surface area contributed by atoms with Crippen LogP contribution in [0.4, 0.5) is 11.4 Å². The third-order valence-corrected chi connectivity index (χ3v) is 4.43. The lowest BCUT2D eigenvalue weighted by atomic mass is 10.1. The fraction of sp³-hybridized carbons (Fsp3) is 0.364. The van der Waals surface area contributed by atoms with Crippen LogP contribution in [0.3, 0.4) is 0 Å². The van der Waals surface area contributed by atoms with Crippen LogP contribution in [0.25, 0.3) is 0 Å². The van der Waals surface area contributed by atoms with Crippen molar-refractivity contribution in [2.75, 3.05) is 37.0 Å². The molecule has 0 aliphatic carbocycles. The van der Waals surface area contributed by atoms with Crippen molar-refractivity contribution in [1.29, 1.82) is 0 Å². The summed E-state index contributed by atoms with van der Waals surface area (Å²) in [7, 11) is 1.59. The maximum Gasteiger partial charge on any atom is 0.306 e. The zero-order valence-corrected chi connectivity index (χ0v) is 16.7. The van der Waals surface area contributed by atoms with Crippen molar-refractivity contribution < 1.29 is 19.1 Å². The molecule has 0 saturated heterocycles. The van der Waals surface area contributed by atoms with Gasteiger partial charge >= 0.3 is 5.97 Å². The summed E-state index contributed by atoms with van der Waals surface area (Å²) in [6.07, 6.45) is 0.684. The maximum atomic E-state index is 12.0. The zero-order chi connectivity index (χ0) is 20.4. The number of benzene rings is 2. The molecule has 0 atom stereocenters. The predicted molar refractivity (Wildman–Crippen MR) is 111 cm³/mol. The van der Waals surface area contributed by atoms with Crippen LogP contribution in [0.1, 0.15) is 25.8 Å². The highest BCUT2D eigenvalue weighted by Crippen LogP contribution is 2.19. The van der Waals surface area contributed by atoms with E-state index in [0.29, 0.717) is 12.1 Å². The van der Waals surface area contributed by atoms with Crippen LogP contribution >= 0.6 is 0 Å². The lowest BCUT2D eigenvalue weighted by Gasteiger charge is -2.21. The van der Waals surface area contributed by atoms with E-state index < -0.39 is 5.97 Å². The third kappa shape index (κ3) is 6.30. The first-order chi connectivity index (χ1) is 13.6. The van der Waals surface area contributed by atoms with Crippen molar-refractivity contribution in [1.82, 2.24) is 0 Å². The Hall–Kier alpha value is -3.02. The molecule has 0 aliphatic heterocycles. The minimum absolute atomic E-state index is 0.187. The number of hydrogen-bond donors (Lipinski definition) is 1. The van der Waals surface area contributed by atoms with Crippen LogP contribution in [0, 0.1) is 0 Å². The van der Waals surface area contributed by atoms with Gasteiger partial charge in [0, 0.05) is 30.9 Å². The molecule has 2 aromatic rings. The van der Waals surface area contributed by atoms with Crippen LogP contribution in [0.5, 0.6) is 5.75 Å². The largest absolute Gasteiger partial charge is 0.496 e. The van der Waals surface area contributed by atoms with Gasteiger partial charge in [0.05, 0.1) is 7.11 Å². The number of anilines is 2. The van der Waals surface area contributed by atoms with Gasteiger partial charge in [-0.1, -0.05) is 18.2 Å². The van der Waals surface area contributed by atoms with Gasteiger partial charge in [-0.25, -0.2) is 0 Å². The second-order valence-corrected chi connectivity index (χ2v) is 6.24. The average molecular weight is 384 g/mol. The molecule has 0 saturated carbocycles. The van der Waals surface area contributed by atoms with E-state index in [2.05, 4.69) is 24.1 Å². The number of nitrogens with one attached hydrogen (secondary N) is 1. The normalized spacial score (nSPS) is 10.2. The van der Waals surface area contributed by atoms with Crippen molar-refractivity contribution in [2.24, 2.45) is 0 Å². The second-order valence-electron chi connectivity index (χ2n) is 6.24. The fourth-order valence-electron chi connectivity index (χ4n) is 2.91. The first-order valence-electron chi connectivity index (χ1n) is 9.49. The number of carbonyl (C=O) groups excluding carboxylic acids is 2. The Balaban J connectivity index is 1.76. The molecule has 0 aromatic heterocycles. The summed E-state index contributed by atoms with van der Waals surface area (Å²) in [6, 6.07) is 15.1. The summed E-state index contributed by atoms with van der Waals surface area (Å²) in [5.41, 5.74) is 2.71. The summed E-state index contributed by atoms with van der Waals surface area (Å²) >= 11 is 0. The van der Waals surface area contributed by atoms with E-state index in [1.165, 1.54) is 0 Å². The molecule has 150 valence electrons. The van der Waals surface area contributed by atoms with Crippen LogP contribution < -0.4 is 15.0 Å². The number of amides is 1. The summed E-state index contributed by atoms with van der Waals surface area (Å²) in [5.74, 6) is -0.0413. The van der Waals surface area contributed by atoms with Crippen LogP contribution in [-0.2, 0) is 20.7 Å². The highest BCUT2D eigenvalue weighted by Gasteiger charge is 2.10. The van der Waals surface area contributed by atoms with Gasteiger partial charge in [0.15, 0.2) is 6.61 Å². The van der Waals surface area contributed by atoms with E-state index in [-0.39, 0.29) is 18.9 Å². The van der Waals surface area contributed by atoms with E-state index >= 15 is 0 Å². The molecular weight excluding hydrogens is 356 g/mol.